The van der Waals surface area contributed by atoms with Crippen LogP contribution in [0.15, 0.2) is 0 Å². The minimum absolute atomic E-state index is 0. The van der Waals surface area contributed by atoms with E-state index in [4.69, 9.17) is 0 Å². The standard InChI is InChI=1S/C15H33OP.ClH/c1-4-7-10-14(13-16)15(17,11-8-5-2)12-9-6-3;/h14,16H,4-13,17H2,1-3H3;1H. The summed E-state index contributed by atoms with van der Waals surface area (Å²) in [5.41, 5.74) is 0. The summed E-state index contributed by atoms with van der Waals surface area (Å²) >= 11 is 0. The number of hydrogen-bond donors (Lipinski definition) is 1. The molecule has 112 valence electrons. The summed E-state index contributed by atoms with van der Waals surface area (Å²) in [6.07, 6.45) is 11.3. The van der Waals surface area contributed by atoms with Crippen molar-refractivity contribution < 1.29 is 5.11 Å². The molecule has 0 aliphatic rings. The Hall–Kier alpha value is 0.680. The molecule has 0 saturated heterocycles. The van der Waals surface area contributed by atoms with Crippen molar-refractivity contribution in [3.05, 3.63) is 0 Å². The Morgan fingerprint density at radius 3 is 1.72 bits per heavy atom. The Morgan fingerprint density at radius 1 is 0.944 bits per heavy atom. The van der Waals surface area contributed by atoms with Crippen molar-refractivity contribution in [2.75, 3.05) is 6.61 Å². The molecule has 0 aromatic rings. The number of aliphatic hydroxyl groups excluding tert-OH is 1. The molecular weight excluding hydrogens is 263 g/mol. The highest BCUT2D eigenvalue weighted by Gasteiger charge is 2.32. The van der Waals surface area contributed by atoms with Crippen molar-refractivity contribution in [3.63, 3.8) is 0 Å². The molecule has 0 aromatic carbocycles. The van der Waals surface area contributed by atoms with Crippen molar-refractivity contribution in [3.8, 4) is 0 Å². The van der Waals surface area contributed by atoms with Gasteiger partial charge in [0.1, 0.15) is 0 Å². The third kappa shape index (κ3) is 7.97. The number of unbranched alkanes of at least 4 members (excludes halogenated alkanes) is 3. The Labute approximate surface area is 123 Å². The second-order valence-electron chi connectivity index (χ2n) is 5.46. The van der Waals surface area contributed by atoms with Crippen LogP contribution in [-0.4, -0.2) is 16.9 Å². The van der Waals surface area contributed by atoms with Gasteiger partial charge in [0.25, 0.3) is 0 Å². The summed E-state index contributed by atoms with van der Waals surface area (Å²) in [5, 5.41) is 9.96. The van der Waals surface area contributed by atoms with Gasteiger partial charge in [0.2, 0.25) is 0 Å². The lowest BCUT2D eigenvalue weighted by molar-refractivity contribution is 0.167. The molecule has 18 heavy (non-hydrogen) atoms. The van der Waals surface area contributed by atoms with Crippen molar-refractivity contribution in [2.45, 2.75) is 83.7 Å². The Bertz CT molecular complexity index is 168. The second-order valence-corrected chi connectivity index (χ2v) is 6.61. The molecule has 1 N–H and O–H groups in total. The van der Waals surface area contributed by atoms with Gasteiger partial charge >= 0.3 is 0 Å². The van der Waals surface area contributed by atoms with E-state index in [1.165, 1.54) is 57.8 Å². The number of hydrogen-bond acceptors (Lipinski definition) is 1. The lowest BCUT2D eigenvalue weighted by Crippen LogP contribution is -2.34. The van der Waals surface area contributed by atoms with E-state index in [2.05, 4.69) is 30.0 Å². The maximum absolute atomic E-state index is 9.67. The molecule has 0 aliphatic heterocycles. The number of rotatable bonds is 11. The second kappa shape index (κ2) is 12.7. The molecule has 0 spiro atoms. The van der Waals surface area contributed by atoms with Gasteiger partial charge in [-0.25, -0.2) is 0 Å². The van der Waals surface area contributed by atoms with E-state index in [0.29, 0.717) is 12.5 Å². The quantitative estimate of drug-likeness (QED) is 0.519. The van der Waals surface area contributed by atoms with Crippen LogP contribution in [0.5, 0.6) is 0 Å². The first-order valence-electron chi connectivity index (χ1n) is 7.54. The molecule has 2 unspecified atom stereocenters. The monoisotopic (exact) mass is 296 g/mol. The van der Waals surface area contributed by atoms with E-state index in [9.17, 15) is 5.11 Å². The summed E-state index contributed by atoms with van der Waals surface area (Å²) in [5.74, 6) is 0.477. The van der Waals surface area contributed by atoms with Crippen LogP contribution < -0.4 is 0 Å². The van der Waals surface area contributed by atoms with Crippen LogP contribution in [0.25, 0.3) is 0 Å². The van der Waals surface area contributed by atoms with Crippen LogP contribution in [-0.2, 0) is 0 Å². The Morgan fingerprint density at radius 2 is 1.39 bits per heavy atom. The van der Waals surface area contributed by atoms with Crippen LogP contribution in [0.2, 0.25) is 0 Å². The molecule has 0 rings (SSSR count). The van der Waals surface area contributed by atoms with Gasteiger partial charge in [-0.15, -0.1) is 21.6 Å². The van der Waals surface area contributed by atoms with Crippen LogP contribution >= 0.6 is 21.6 Å². The molecule has 2 atom stereocenters. The largest absolute Gasteiger partial charge is 0.396 e. The van der Waals surface area contributed by atoms with E-state index in [0.717, 1.165) is 0 Å². The zero-order valence-electron chi connectivity index (χ0n) is 12.6. The van der Waals surface area contributed by atoms with Gasteiger partial charge in [0.05, 0.1) is 0 Å². The maximum atomic E-state index is 9.67. The lowest BCUT2D eigenvalue weighted by Gasteiger charge is -2.37. The normalized spacial score (nSPS) is 13.2. The fraction of sp³-hybridized carbons (Fsp3) is 1.00. The van der Waals surface area contributed by atoms with Crippen molar-refractivity contribution >= 4 is 21.6 Å². The third-order valence-electron chi connectivity index (χ3n) is 3.93. The summed E-state index contributed by atoms with van der Waals surface area (Å²) in [6.45, 7) is 7.10. The zero-order chi connectivity index (χ0) is 13.1. The number of halogens is 1. The smallest absolute Gasteiger partial charge is 0.0467 e. The van der Waals surface area contributed by atoms with Crippen LogP contribution in [0.3, 0.4) is 0 Å². The van der Waals surface area contributed by atoms with Crippen molar-refractivity contribution in [1.82, 2.24) is 0 Å². The molecule has 0 saturated carbocycles. The average molecular weight is 297 g/mol. The molecule has 0 bridgehead atoms. The van der Waals surface area contributed by atoms with Gasteiger partial charge in [-0.1, -0.05) is 59.3 Å². The van der Waals surface area contributed by atoms with Crippen LogP contribution in [0, 0.1) is 5.92 Å². The highest BCUT2D eigenvalue weighted by Crippen LogP contribution is 2.40. The molecule has 0 amide bonds. The van der Waals surface area contributed by atoms with Gasteiger partial charge in [-0.2, -0.15) is 0 Å². The predicted molar refractivity (Wildman–Crippen MR) is 88.8 cm³/mol. The topological polar surface area (TPSA) is 20.2 Å². The lowest BCUT2D eigenvalue weighted by atomic mass is 9.80. The van der Waals surface area contributed by atoms with Crippen molar-refractivity contribution in [1.29, 1.82) is 0 Å². The molecule has 0 heterocycles. The summed E-state index contributed by atoms with van der Waals surface area (Å²) in [4.78, 5) is 0. The van der Waals surface area contributed by atoms with Gasteiger partial charge in [-0.3, -0.25) is 0 Å². The molecule has 1 nitrogen and oxygen atoms in total. The Kier molecular flexibility index (Phi) is 14.8. The summed E-state index contributed by atoms with van der Waals surface area (Å²) < 4.78 is 0. The SMILES string of the molecule is CCCCC(CO)C(P)(CCCC)CCCC.Cl. The van der Waals surface area contributed by atoms with E-state index in [1.54, 1.807) is 0 Å². The highest BCUT2D eigenvalue weighted by molar-refractivity contribution is 7.19. The zero-order valence-corrected chi connectivity index (χ0v) is 14.6. The Balaban J connectivity index is 0. The van der Waals surface area contributed by atoms with Gasteiger partial charge in [0.15, 0.2) is 0 Å². The molecule has 0 fully saturated rings. The van der Waals surface area contributed by atoms with Crippen LogP contribution in [0.4, 0.5) is 0 Å². The van der Waals surface area contributed by atoms with Gasteiger partial charge < -0.3 is 5.11 Å². The average Bonchev–Trinajstić information content (AvgIpc) is 2.35. The van der Waals surface area contributed by atoms with E-state index in [-0.39, 0.29) is 17.6 Å². The molecule has 0 aliphatic carbocycles. The van der Waals surface area contributed by atoms with Crippen molar-refractivity contribution in [2.24, 2.45) is 5.92 Å². The summed E-state index contributed by atoms with van der Waals surface area (Å²) in [7, 11) is 3.11. The van der Waals surface area contributed by atoms with E-state index < -0.39 is 0 Å². The third-order valence-corrected chi connectivity index (χ3v) is 4.98. The van der Waals surface area contributed by atoms with E-state index >= 15 is 0 Å². The van der Waals surface area contributed by atoms with E-state index in [1.807, 2.05) is 0 Å². The molecule has 0 radical (unpaired) electrons. The van der Waals surface area contributed by atoms with Crippen LogP contribution in [0.1, 0.15) is 78.6 Å². The maximum Gasteiger partial charge on any atom is 0.0467 e. The fourth-order valence-corrected chi connectivity index (χ4v) is 3.24. The van der Waals surface area contributed by atoms with Gasteiger partial charge in [0, 0.05) is 6.61 Å². The highest BCUT2D eigenvalue weighted by atomic mass is 35.5. The molecule has 3 heteroatoms. The predicted octanol–water partition coefficient (Wildman–Crippen LogP) is 5.20. The summed E-state index contributed by atoms with van der Waals surface area (Å²) in [6, 6.07) is 0. The fourth-order valence-electron chi connectivity index (χ4n) is 2.56. The minimum atomic E-state index is 0. The first-order valence-corrected chi connectivity index (χ1v) is 8.12. The molecule has 0 aromatic heterocycles. The number of aliphatic hydroxyl groups is 1. The molecular formula is C15H34ClOP. The first-order chi connectivity index (χ1) is 8.14. The minimum Gasteiger partial charge on any atom is -0.396 e. The first kappa shape index (κ1) is 21.0. The van der Waals surface area contributed by atoms with Gasteiger partial charge in [-0.05, 0) is 30.3 Å².